The Morgan fingerprint density at radius 3 is 2.81 bits per heavy atom. The smallest absolute Gasteiger partial charge is 0.231 e. The fraction of sp³-hybridized carbons (Fsp3) is 0.273. The highest BCUT2D eigenvalue weighted by Crippen LogP contribution is 2.23. The molecule has 0 aliphatic carbocycles. The van der Waals surface area contributed by atoms with Crippen molar-refractivity contribution < 1.29 is 8.42 Å². The van der Waals surface area contributed by atoms with Crippen molar-refractivity contribution in [1.82, 2.24) is 5.32 Å². The van der Waals surface area contributed by atoms with Crippen molar-refractivity contribution in [2.75, 3.05) is 17.6 Å². The van der Waals surface area contributed by atoms with E-state index in [0.29, 0.717) is 5.69 Å². The van der Waals surface area contributed by atoms with E-state index in [1.807, 2.05) is 30.5 Å². The van der Waals surface area contributed by atoms with Gasteiger partial charge >= 0.3 is 0 Å². The van der Waals surface area contributed by atoms with Crippen LogP contribution in [0.1, 0.15) is 11.1 Å². The van der Waals surface area contributed by atoms with Gasteiger partial charge in [0.2, 0.25) is 10.0 Å². The number of benzene rings is 1. The van der Waals surface area contributed by atoms with Crippen molar-refractivity contribution in [1.29, 1.82) is 0 Å². The van der Waals surface area contributed by atoms with Crippen molar-refractivity contribution in [2.45, 2.75) is 6.54 Å². The molecular weight excluding hydrogens is 224 g/mol. The van der Waals surface area contributed by atoms with Crippen LogP contribution in [0.5, 0.6) is 0 Å². The van der Waals surface area contributed by atoms with Crippen LogP contribution < -0.4 is 9.62 Å². The number of nitrogens with zero attached hydrogens (tertiary/aromatic N) is 1. The van der Waals surface area contributed by atoms with Crippen molar-refractivity contribution in [3.05, 3.63) is 35.5 Å². The Kier molecular flexibility index (Phi) is 2.63. The largest absolute Gasteiger partial charge is 0.387 e. The Morgan fingerprint density at radius 1 is 1.38 bits per heavy atom. The molecule has 0 saturated heterocycles. The highest BCUT2D eigenvalue weighted by molar-refractivity contribution is 7.92. The summed E-state index contributed by atoms with van der Waals surface area (Å²) >= 11 is 0. The lowest BCUT2D eigenvalue weighted by Gasteiger charge is -2.19. The maximum absolute atomic E-state index is 11.4. The molecule has 0 fully saturated rings. The third-order valence-corrected chi connectivity index (χ3v) is 3.87. The zero-order chi connectivity index (χ0) is 11.8. The van der Waals surface area contributed by atoms with Crippen molar-refractivity contribution in [3.63, 3.8) is 0 Å². The van der Waals surface area contributed by atoms with Crippen LogP contribution in [-0.2, 0) is 16.6 Å². The minimum Gasteiger partial charge on any atom is -0.387 e. The summed E-state index contributed by atoms with van der Waals surface area (Å²) < 4.78 is 24.1. The molecule has 1 N–H and O–H groups in total. The van der Waals surface area contributed by atoms with Gasteiger partial charge in [0.15, 0.2) is 0 Å². The lowest BCUT2D eigenvalue weighted by atomic mass is 10.0. The second-order valence-corrected chi connectivity index (χ2v) is 5.84. The molecule has 0 aromatic heterocycles. The Bertz CT molecular complexity index is 535. The third kappa shape index (κ3) is 2.04. The fourth-order valence-electron chi connectivity index (χ4n) is 1.60. The molecule has 1 aliphatic heterocycles. The molecule has 16 heavy (non-hydrogen) atoms. The first-order chi connectivity index (χ1) is 7.48. The molecule has 86 valence electrons. The van der Waals surface area contributed by atoms with Crippen molar-refractivity contribution in [2.24, 2.45) is 0 Å². The quantitative estimate of drug-likeness (QED) is 0.841. The van der Waals surface area contributed by atoms with E-state index in [4.69, 9.17) is 0 Å². The van der Waals surface area contributed by atoms with Gasteiger partial charge in [-0.1, -0.05) is 6.07 Å². The first kappa shape index (κ1) is 11.0. The lowest BCUT2D eigenvalue weighted by molar-refractivity contribution is 0.600. The predicted octanol–water partition coefficient (Wildman–Crippen LogP) is 1.16. The topological polar surface area (TPSA) is 49.4 Å². The molecule has 2 rings (SSSR count). The summed E-state index contributed by atoms with van der Waals surface area (Å²) in [6.45, 7) is 0.786. The van der Waals surface area contributed by atoms with E-state index in [1.54, 1.807) is 7.05 Å². The van der Waals surface area contributed by atoms with Crippen LogP contribution in [0.4, 0.5) is 5.69 Å². The van der Waals surface area contributed by atoms with Crippen LogP contribution in [0.2, 0.25) is 0 Å². The van der Waals surface area contributed by atoms with Gasteiger partial charge in [0.1, 0.15) is 0 Å². The van der Waals surface area contributed by atoms with E-state index in [9.17, 15) is 8.42 Å². The van der Waals surface area contributed by atoms with Gasteiger partial charge in [-0.25, -0.2) is 8.42 Å². The number of fused-ring (bicyclic) bond motifs is 1. The average Bonchev–Trinajstić information content (AvgIpc) is 2.26. The standard InChI is InChI=1S/C11H14N2O2S/c1-13(16(2,14)15)11-4-3-10-8-12-6-5-9(10)7-11/h3-7,12H,8H2,1-2H3. The summed E-state index contributed by atoms with van der Waals surface area (Å²) in [6, 6.07) is 5.65. The third-order valence-electron chi connectivity index (χ3n) is 2.66. The van der Waals surface area contributed by atoms with Gasteiger partial charge in [0.25, 0.3) is 0 Å². The molecule has 5 heteroatoms. The summed E-state index contributed by atoms with van der Waals surface area (Å²) in [6.07, 6.45) is 5.01. The number of sulfonamides is 1. The van der Waals surface area contributed by atoms with E-state index in [2.05, 4.69) is 5.32 Å². The van der Waals surface area contributed by atoms with Crippen LogP contribution in [0, 0.1) is 0 Å². The van der Waals surface area contributed by atoms with Gasteiger partial charge in [-0.3, -0.25) is 4.31 Å². The summed E-state index contributed by atoms with van der Waals surface area (Å²) in [5.41, 5.74) is 2.92. The van der Waals surface area contributed by atoms with E-state index < -0.39 is 10.0 Å². The number of anilines is 1. The highest BCUT2D eigenvalue weighted by atomic mass is 32.2. The summed E-state index contributed by atoms with van der Waals surface area (Å²) in [5.74, 6) is 0. The van der Waals surface area contributed by atoms with E-state index in [-0.39, 0.29) is 0 Å². The van der Waals surface area contributed by atoms with Crippen LogP contribution in [-0.4, -0.2) is 21.7 Å². The Morgan fingerprint density at radius 2 is 2.12 bits per heavy atom. The zero-order valence-electron chi connectivity index (χ0n) is 9.27. The van der Waals surface area contributed by atoms with E-state index in [1.165, 1.54) is 16.1 Å². The van der Waals surface area contributed by atoms with Crippen molar-refractivity contribution in [3.8, 4) is 0 Å². The number of rotatable bonds is 2. The molecule has 1 aromatic rings. The minimum absolute atomic E-state index is 0.688. The molecular formula is C11H14N2O2S. The van der Waals surface area contributed by atoms with Gasteiger partial charge in [-0.15, -0.1) is 0 Å². The van der Waals surface area contributed by atoms with Crippen molar-refractivity contribution >= 4 is 21.8 Å². The molecule has 1 heterocycles. The second kappa shape index (κ2) is 3.83. The summed E-state index contributed by atoms with van der Waals surface area (Å²) in [7, 11) is -1.63. The molecule has 0 saturated carbocycles. The lowest BCUT2D eigenvalue weighted by Crippen LogP contribution is -2.25. The fourth-order valence-corrected chi connectivity index (χ4v) is 2.10. The van der Waals surface area contributed by atoms with E-state index >= 15 is 0 Å². The number of nitrogens with one attached hydrogen (secondary N) is 1. The molecule has 0 radical (unpaired) electrons. The van der Waals surface area contributed by atoms with Gasteiger partial charge in [-0.2, -0.15) is 0 Å². The predicted molar refractivity (Wildman–Crippen MR) is 65.6 cm³/mol. The minimum atomic E-state index is -3.19. The Hall–Kier alpha value is -1.49. The Balaban J connectivity index is 2.42. The molecule has 0 unspecified atom stereocenters. The number of hydrogen-bond donors (Lipinski definition) is 1. The van der Waals surface area contributed by atoms with Crippen LogP contribution in [0.25, 0.3) is 6.08 Å². The Labute approximate surface area is 95.6 Å². The highest BCUT2D eigenvalue weighted by Gasteiger charge is 2.13. The maximum atomic E-state index is 11.4. The molecule has 0 amide bonds. The van der Waals surface area contributed by atoms with Gasteiger partial charge < -0.3 is 5.32 Å². The molecule has 0 atom stereocenters. The molecule has 1 aromatic carbocycles. The summed E-state index contributed by atoms with van der Waals surface area (Å²) in [5, 5.41) is 3.11. The second-order valence-electron chi connectivity index (χ2n) is 3.83. The average molecular weight is 238 g/mol. The SMILES string of the molecule is CN(c1ccc2c(c1)C=CNC2)S(C)(=O)=O. The monoisotopic (exact) mass is 238 g/mol. The van der Waals surface area contributed by atoms with Gasteiger partial charge in [0.05, 0.1) is 11.9 Å². The first-order valence-electron chi connectivity index (χ1n) is 4.95. The summed E-state index contributed by atoms with van der Waals surface area (Å²) in [4.78, 5) is 0. The zero-order valence-corrected chi connectivity index (χ0v) is 10.1. The maximum Gasteiger partial charge on any atom is 0.231 e. The molecule has 4 nitrogen and oxygen atoms in total. The van der Waals surface area contributed by atoms with Crippen LogP contribution >= 0.6 is 0 Å². The molecule has 0 bridgehead atoms. The number of hydrogen-bond acceptors (Lipinski definition) is 3. The van der Waals surface area contributed by atoms with E-state index in [0.717, 1.165) is 12.1 Å². The molecule has 0 spiro atoms. The first-order valence-corrected chi connectivity index (χ1v) is 6.80. The normalized spacial score (nSPS) is 14.1. The van der Waals surface area contributed by atoms with Gasteiger partial charge in [-0.05, 0) is 35.5 Å². The van der Waals surface area contributed by atoms with Crippen LogP contribution in [0.15, 0.2) is 24.4 Å². The van der Waals surface area contributed by atoms with Gasteiger partial charge in [0, 0.05) is 13.6 Å². The molecule has 1 aliphatic rings. The van der Waals surface area contributed by atoms with Crippen LogP contribution in [0.3, 0.4) is 0 Å².